The minimum absolute atomic E-state index is 0. The van der Waals surface area contributed by atoms with Gasteiger partial charge >= 0.3 is 16.8 Å². The zero-order valence-electron chi connectivity index (χ0n) is 20.2. The summed E-state index contributed by atoms with van der Waals surface area (Å²) >= 11 is 0. The molecule has 6 rings (SSSR count). The minimum Gasteiger partial charge on any atom is -0.871 e. The smallest absolute Gasteiger partial charge is 0.871 e. The standard InChI is InChI=1S/2C16H10O3.Co/c2*17-14(10-6-2-1-3-7-10)13-15(18)11-8-4-5-9-12(11)16(13)19;/h2*1-9,17H;/q;;+2/p-2. The Morgan fingerprint density at radius 1 is 0.385 bits per heavy atom. The average Bonchev–Trinajstić information content (AvgIpc) is 3.38. The molecular weight excluding hydrogens is 539 g/mol. The molecule has 1 radical (unpaired) electrons. The third kappa shape index (κ3) is 4.88. The summed E-state index contributed by atoms with van der Waals surface area (Å²) in [7, 11) is 0. The van der Waals surface area contributed by atoms with E-state index in [0.29, 0.717) is 33.4 Å². The monoisotopic (exact) mass is 557 g/mol. The summed E-state index contributed by atoms with van der Waals surface area (Å²) in [5.41, 5.74) is 1.44. The molecule has 0 amide bonds. The SMILES string of the molecule is O=C1C(=C([O-])c2ccccc2)C(=O)c2ccccc21.O=C1C(=C([O-])c2ccccc2)C(=O)c2ccccc21.[Co+2]. The van der Waals surface area contributed by atoms with Crippen LogP contribution in [-0.2, 0) is 16.8 Å². The summed E-state index contributed by atoms with van der Waals surface area (Å²) < 4.78 is 0. The van der Waals surface area contributed by atoms with E-state index in [0.717, 1.165) is 0 Å². The molecule has 7 heteroatoms. The molecule has 0 aliphatic heterocycles. The number of ketones is 4. The first-order valence-electron chi connectivity index (χ1n) is 11.7. The van der Waals surface area contributed by atoms with E-state index >= 15 is 0 Å². The van der Waals surface area contributed by atoms with Crippen molar-refractivity contribution >= 4 is 34.7 Å². The molecule has 39 heavy (non-hydrogen) atoms. The summed E-state index contributed by atoms with van der Waals surface area (Å²) in [6.45, 7) is 0. The van der Waals surface area contributed by atoms with Gasteiger partial charge in [0.2, 0.25) is 0 Å². The predicted octanol–water partition coefficient (Wildman–Crippen LogP) is 3.67. The molecule has 0 fully saturated rings. The normalized spacial score (nSPS) is 13.2. The number of fused-ring (bicyclic) bond motifs is 2. The van der Waals surface area contributed by atoms with E-state index in [9.17, 15) is 29.4 Å². The van der Waals surface area contributed by atoms with Crippen LogP contribution in [0.25, 0.3) is 11.5 Å². The number of allylic oxidation sites excluding steroid dienone is 2. The number of carbonyl (C=O) groups is 4. The van der Waals surface area contributed by atoms with Crippen molar-refractivity contribution in [3.8, 4) is 0 Å². The van der Waals surface area contributed by atoms with E-state index in [1.807, 2.05) is 0 Å². The molecule has 0 heterocycles. The number of benzene rings is 4. The fraction of sp³-hybridized carbons (Fsp3) is 0. The molecule has 0 saturated carbocycles. The average molecular weight is 557 g/mol. The third-order valence-corrected chi connectivity index (χ3v) is 6.27. The number of carbonyl (C=O) groups excluding carboxylic acids is 4. The molecule has 4 aromatic rings. The molecule has 0 aromatic heterocycles. The second-order valence-corrected chi connectivity index (χ2v) is 8.55. The van der Waals surface area contributed by atoms with E-state index in [-0.39, 0.29) is 27.9 Å². The van der Waals surface area contributed by atoms with Crippen molar-refractivity contribution in [3.63, 3.8) is 0 Å². The number of rotatable bonds is 2. The molecule has 0 N–H and O–H groups in total. The molecule has 0 bridgehead atoms. The molecule has 2 aliphatic carbocycles. The quantitative estimate of drug-likeness (QED) is 0.211. The van der Waals surface area contributed by atoms with Gasteiger partial charge in [0.1, 0.15) is 0 Å². The Hall–Kier alpha value is -4.85. The van der Waals surface area contributed by atoms with Crippen LogP contribution in [0.5, 0.6) is 0 Å². The Kier molecular flexibility index (Phi) is 7.85. The summed E-state index contributed by atoms with van der Waals surface area (Å²) in [4.78, 5) is 48.6. The van der Waals surface area contributed by atoms with Crippen LogP contribution in [0.2, 0.25) is 0 Å². The van der Waals surface area contributed by atoms with Crippen molar-refractivity contribution in [2.24, 2.45) is 0 Å². The zero-order valence-corrected chi connectivity index (χ0v) is 21.2. The second-order valence-electron chi connectivity index (χ2n) is 8.55. The van der Waals surface area contributed by atoms with Gasteiger partial charge in [-0.05, 0) is 11.1 Å². The molecule has 0 saturated heterocycles. The Labute approximate surface area is 234 Å². The van der Waals surface area contributed by atoms with Gasteiger partial charge in [-0.25, -0.2) is 0 Å². The summed E-state index contributed by atoms with van der Waals surface area (Å²) in [5, 5.41) is 24.5. The van der Waals surface area contributed by atoms with Gasteiger partial charge in [-0.1, -0.05) is 121 Å². The second kappa shape index (κ2) is 11.3. The predicted molar refractivity (Wildman–Crippen MR) is 137 cm³/mol. The molecule has 191 valence electrons. The van der Waals surface area contributed by atoms with E-state index in [4.69, 9.17) is 0 Å². The van der Waals surface area contributed by atoms with Gasteiger partial charge in [0.05, 0.1) is 11.1 Å². The van der Waals surface area contributed by atoms with Crippen molar-refractivity contribution in [2.45, 2.75) is 0 Å². The molecule has 6 nitrogen and oxygen atoms in total. The first-order valence-corrected chi connectivity index (χ1v) is 11.7. The van der Waals surface area contributed by atoms with Crippen LogP contribution in [-0.4, -0.2) is 23.1 Å². The molecule has 0 atom stereocenters. The van der Waals surface area contributed by atoms with Crippen molar-refractivity contribution < 1.29 is 46.2 Å². The van der Waals surface area contributed by atoms with Gasteiger partial charge in [0.15, 0.2) is 23.1 Å². The van der Waals surface area contributed by atoms with Crippen LogP contribution >= 0.6 is 0 Å². The van der Waals surface area contributed by atoms with E-state index in [2.05, 4.69) is 0 Å². The number of Topliss-reactive ketones (excluding diaryl/α,β-unsaturated/α-hetero) is 4. The molecule has 0 spiro atoms. The first kappa shape index (κ1) is 27.2. The fourth-order valence-corrected chi connectivity index (χ4v) is 4.38. The maximum Gasteiger partial charge on any atom is 2.00 e. The summed E-state index contributed by atoms with van der Waals surface area (Å²) in [6, 6.07) is 29.7. The minimum atomic E-state index is -0.508. The Balaban J connectivity index is 0.000000176. The van der Waals surface area contributed by atoms with Crippen molar-refractivity contribution in [1.29, 1.82) is 0 Å². The van der Waals surface area contributed by atoms with E-state index in [1.54, 1.807) is 109 Å². The van der Waals surface area contributed by atoms with Crippen molar-refractivity contribution in [2.75, 3.05) is 0 Å². The summed E-state index contributed by atoms with van der Waals surface area (Å²) in [6.07, 6.45) is 0. The van der Waals surface area contributed by atoms with Gasteiger partial charge in [-0.2, -0.15) is 0 Å². The van der Waals surface area contributed by atoms with Crippen LogP contribution in [0.3, 0.4) is 0 Å². The van der Waals surface area contributed by atoms with Gasteiger partial charge in [-0.15, -0.1) is 0 Å². The van der Waals surface area contributed by atoms with Gasteiger partial charge in [-0.3, -0.25) is 19.2 Å². The van der Waals surface area contributed by atoms with Crippen molar-refractivity contribution in [3.05, 3.63) is 154 Å². The summed E-state index contributed by atoms with van der Waals surface area (Å²) in [5.74, 6) is -2.92. The number of hydrogen-bond donors (Lipinski definition) is 0. The maximum atomic E-state index is 12.3. The molecule has 4 aromatic carbocycles. The fourth-order valence-electron chi connectivity index (χ4n) is 4.38. The topological polar surface area (TPSA) is 114 Å². The van der Waals surface area contributed by atoms with Crippen molar-refractivity contribution in [1.82, 2.24) is 0 Å². The largest absolute Gasteiger partial charge is 2.00 e. The van der Waals surface area contributed by atoms with E-state index in [1.165, 1.54) is 0 Å². The van der Waals surface area contributed by atoms with Crippen LogP contribution in [0, 0.1) is 0 Å². The molecule has 0 unspecified atom stereocenters. The third-order valence-electron chi connectivity index (χ3n) is 6.27. The van der Waals surface area contributed by atoms with E-state index < -0.39 is 34.7 Å². The van der Waals surface area contributed by atoms with Crippen LogP contribution in [0.15, 0.2) is 120 Å². The number of hydrogen-bond acceptors (Lipinski definition) is 6. The Bertz CT molecular complexity index is 1480. The van der Waals surface area contributed by atoms with Gasteiger partial charge in [0, 0.05) is 22.3 Å². The van der Waals surface area contributed by atoms with Crippen LogP contribution in [0.1, 0.15) is 52.6 Å². The Morgan fingerprint density at radius 3 is 0.872 bits per heavy atom. The van der Waals surface area contributed by atoms with Gasteiger partial charge in [0.25, 0.3) is 0 Å². The Morgan fingerprint density at radius 2 is 0.615 bits per heavy atom. The maximum absolute atomic E-state index is 12.3. The van der Waals surface area contributed by atoms with Crippen LogP contribution in [0.4, 0.5) is 0 Å². The van der Waals surface area contributed by atoms with Gasteiger partial charge < -0.3 is 10.2 Å². The zero-order chi connectivity index (χ0) is 26.8. The van der Waals surface area contributed by atoms with Crippen LogP contribution < -0.4 is 10.2 Å². The molecule has 2 aliphatic rings. The molecular formula is C32H18CoO6. The first-order chi connectivity index (χ1) is 18.4.